The van der Waals surface area contributed by atoms with Crippen LogP contribution in [-0.2, 0) is 5.41 Å². The maximum atomic E-state index is 5.31. The number of hydrogen-bond acceptors (Lipinski definition) is 3. The molecule has 0 radical (unpaired) electrons. The van der Waals surface area contributed by atoms with Gasteiger partial charge in [0, 0.05) is 16.7 Å². The molecule has 0 fully saturated rings. The van der Waals surface area contributed by atoms with Crippen molar-refractivity contribution >= 4 is 10.8 Å². The summed E-state index contributed by atoms with van der Waals surface area (Å²) in [6, 6.07) is 63.5. The van der Waals surface area contributed by atoms with Crippen LogP contribution in [0.2, 0.25) is 0 Å². The minimum atomic E-state index is -0.598. The van der Waals surface area contributed by atoms with Gasteiger partial charge in [-0.3, -0.25) is 0 Å². The first-order valence-electron chi connectivity index (χ1n) is 18.2. The Bertz CT molecular complexity index is 2940. The fraction of sp³-hybridized carbons (Fsp3) is 0.0200. The van der Waals surface area contributed by atoms with Gasteiger partial charge in [-0.25, -0.2) is 15.0 Å². The first-order chi connectivity index (χ1) is 26.3. The molecule has 0 bridgehead atoms. The van der Waals surface area contributed by atoms with Crippen molar-refractivity contribution < 1.29 is 0 Å². The number of nitrogens with zero attached hydrogens (tertiary/aromatic N) is 3. The van der Waals surface area contributed by atoms with Gasteiger partial charge in [-0.1, -0.05) is 170 Å². The molecule has 0 N–H and O–H groups in total. The second-order valence-electron chi connectivity index (χ2n) is 14.2. The van der Waals surface area contributed by atoms with Gasteiger partial charge in [0.25, 0.3) is 0 Å². The molecule has 3 aliphatic carbocycles. The standard InChI is InChI=1S/C50H29N3/c1-3-15-30(16-4-1)47-51-48(31-17-5-2-6-18-31)53-49(52-47)39-26-14-24-36-34-21-9-11-27-41(34)50(46(36)39)42-28-12-10-22-37(42)45-38-25-13-23-35-32-19-7-8-20-33(32)40(44(35)38)29-43(45)50/h1-29H. The first kappa shape index (κ1) is 28.7. The van der Waals surface area contributed by atoms with Gasteiger partial charge in [-0.05, 0) is 83.6 Å². The van der Waals surface area contributed by atoms with E-state index in [1.54, 1.807) is 0 Å². The topological polar surface area (TPSA) is 38.7 Å². The van der Waals surface area contributed by atoms with Crippen molar-refractivity contribution in [3.63, 3.8) is 0 Å². The Morgan fingerprint density at radius 3 is 1.51 bits per heavy atom. The maximum absolute atomic E-state index is 5.31. The van der Waals surface area contributed by atoms with Crippen molar-refractivity contribution in [2.24, 2.45) is 0 Å². The molecular formula is C50H29N3. The lowest BCUT2D eigenvalue weighted by molar-refractivity contribution is 0.795. The average Bonchev–Trinajstić information content (AvgIpc) is 3.84. The molecule has 12 rings (SSSR count). The molecule has 0 saturated carbocycles. The van der Waals surface area contributed by atoms with Crippen LogP contribution in [0.1, 0.15) is 22.3 Å². The van der Waals surface area contributed by atoms with E-state index < -0.39 is 5.41 Å². The maximum Gasteiger partial charge on any atom is 0.164 e. The Hall–Kier alpha value is -6.97. The summed E-state index contributed by atoms with van der Waals surface area (Å²) >= 11 is 0. The van der Waals surface area contributed by atoms with Gasteiger partial charge in [0.15, 0.2) is 17.5 Å². The smallest absolute Gasteiger partial charge is 0.164 e. The third-order valence-corrected chi connectivity index (χ3v) is 11.7. The van der Waals surface area contributed by atoms with Crippen molar-refractivity contribution in [1.29, 1.82) is 0 Å². The van der Waals surface area contributed by atoms with E-state index in [0.29, 0.717) is 17.5 Å². The molecule has 1 unspecified atom stereocenters. The van der Waals surface area contributed by atoms with E-state index in [9.17, 15) is 0 Å². The monoisotopic (exact) mass is 671 g/mol. The molecule has 1 atom stereocenters. The van der Waals surface area contributed by atoms with Crippen molar-refractivity contribution in [3.05, 3.63) is 198 Å². The SMILES string of the molecule is c1ccc(-c2nc(-c3ccccc3)nc(-c3cccc4c3C3(c5ccccc5-4)c4ccccc4-c4c3cc3c5c(cccc45)-c4ccccc4-3)n2)cc1. The summed E-state index contributed by atoms with van der Waals surface area (Å²) in [6.45, 7) is 0. The summed E-state index contributed by atoms with van der Waals surface area (Å²) in [5, 5.41) is 2.65. The van der Waals surface area contributed by atoms with Crippen LogP contribution in [0.25, 0.3) is 89.4 Å². The fourth-order valence-corrected chi connectivity index (χ4v) is 9.67. The largest absolute Gasteiger partial charge is 0.208 e. The quantitative estimate of drug-likeness (QED) is 0.188. The molecule has 9 aromatic rings. The Morgan fingerprint density at radius 1 is 0.321 bits per heavy atom. The average molecular weight is 672 g/mol. The molecule has 3 aliphatic rings. The number of benzene rings is 8. The predicted molar refractivity (Wildman–Crippen MR) is 214 cm³/mol. The second-order valence-corrected chi connectivity index (χ2v) is 14.2. The number of fused-ring (bicyclic) bond motifs is 14. The predicted octanol–water partition coefficient (Wildman–Crippen LogP) is 12.0. The van der Waals surface area contributed by atoms with Gasteiger partial charge >= 0.3 is 0 Å². The lowest BCUT2D eigenvalue weighted by Gasteiger charge is -2.32. The van der Waals surface area contributed by atoms with Gasteiger partial charge in [0.1, 0.15) is 0 Å². The molecule has 1 aromatic heterocycles. The first-order valence-corrected chi connectivity index (χ1v) is 18.2. The molecule has 244 valence electrons. The summed E-state index contributed by atoms with van der Waals surface area (Å²) in [7, 11) is 0. The Labute approximate surface area is 307 Å². The third-order valence-electron chi connectivity index (χ3n) is 11.7. The van der Waals surface area contributed by atoms with Crippen molar-refractivity contribution in [2.75, 3.05) is 0 Å². The second kappa shape index (κ2) is 10.5. The molecule has 53 heavy (non-hydrogen) atoms. The van der Waals surface area contributed by atoms with E-state index in [-0.39, 0.29) is 0 Å². The van der Waals surface area contributed by atoms with E-state index in [4.69, 9.17) is 15.0 Å². The molecule has 1 spiro atoms. The Balaban J connectivity index is 1.23. The van der Waals surface area contributed by atoms with Crippen LogP contribution in [0.15, 0.2) is 176 Å². The van der Waals surface area contributed by atoms with Crippen LogP contribution in [0.4, 0.5) is 0 Å². The molecular weight excluding hydrogens is 643 g/mol. The van der Waals surface area contributed by atoms with Crippen LogP contribution < -0.4 is 0 Å². The summed E-state index contributed by atoms with van der Waals surface area (Å²) in [6.07, 6.45) is 0. The molecule has 3 heteroatoms. The van der Waals surface area contributed by atoms with Crippen molar-refractivity contribution in [1.82, 2.24) is 15.0 Å². The summed E-state index contributed by atoms with van der Waals surface area (Å²) in [5.74, 6) is 1.99. The van der Waals surface area contributed by atoms with E-state index in [2.05, 4.69) is 140 Å². The summed E-state index contributed by atoms with van der Waals surface area (Å²) in [4.78, 5) is 15.7. The van der Waals surface area contributed by atoms with Gasteiger partial charge in [0.2, 0.25) is 0 Å². The van der Waals surface area contributed by atoms with E-state index in [1.807, 2.05) is 36.4 Å². The fourth-order valence-electron chi connectivity index (χ4n) is 9.67. The summed E-state index contributed by atoms with van der Waals surface area (Å²) < 4.78 is 0. The van der Waals surface area contributed by atoms with Crippen molar-refractivity contribution in [3.8, 4) is 78.7 Å². The van der Waals surface area contributed by atoms with Crippen LogP contribution >= 0.6 is 0 Å². The zero-order valence-electron chi connectivity index (χ0n) is 28.6. The van der Waals surface area contributed by atoms with Crippen LogP contribution in [0.5, 0.6) is 0 Å². The highest BCUT2D eigenvalue weighted by Crippen LogP contribution is 2.66. The minimum Gasteiger partial charge on any atom is -0.208 e. The van der Waals surface area contributed by atoms with Crippen molar-refractivity contribution in [2.45, 2.75) is 5.41 Å². The highest BCUT2D eigenvalue weighted by atomic mass is 15.0. The van der Waals surface area contributed by atoms with Gasteiger partial charge in [-0.2, -0.15) is 0 Å². The zero-order chi connectivity index (χ0) is 34.7. The zero-order valence-corrected chi connectivity index (χ0v) is 28.6. The highest BCUT2D eigenvalue weighted by molar-refractivity contribution is 6.21. The van der Waals surface area contributed by atoms with E-state index in [1.165, 1.54) is 77.5 Å². The summed E-state index contributed by atoms with van der Waals surface area (Å²) in [5.41, 5.74) is 17.8. The molecule has 0 saturated heterocycles. The van der Waals surface area contributed by atoms with E-state index >= 15 is 0 Å². The van der Waals surface area contributed by atoms with Crippen LogP contribution in [-0.4, -0.2) is 15.0 Å². The molecule has 1 heterocycles. The van der Waals surface area contributed by atoms with E-state index in [0.717, 1.165) is 16.7 Å². The van der Waals surface area contributed by atoms with Crippen LogP contribution in [0, 0.1) is 0 Å². The number of rotatable bonds is 3. The Morgan fingerprint density at radius 2 is 0.811 bits per heavy atom. The normalized spacial score (nSPS) is 15.2. The lowest BCUT2D eigenvalue weighted by Crippen LogP contribution is -2.27. The Kier molecular flexibility index (Phi) is 5.70. The minimum absolute atomic E-state index is 0.598. The van der Waals surface area contributed by atoms with Gasteiger partial charge in [-0.15, -0.1) is 0 Å². The molecule has 0 aliphatic heterocycles. The molecule has 8 aromatic carbocycles. The van der Waals surface area contributed by atoms with Gasteiger partial charge < -0.3 is 0 Å². The molecule has 3 nitrogen and oxygen atoms in total. The third kappa shape index (κ3) is 3.70. The number of hydrogen-bond donors (Lipinski definition) is 0. The van der Waals surface area contributed by atoms with Gasteiger partial charge in [0.05, 0.1) is 5.41 Å². The highest BCUT2D eigenvalue weighted by Gasteiger charge is 2.54. The number of aromatic nitrogens is 3. The van der Waals surface area contributed by atoms with Crippen LogP contribution in [0.3, 0.4) is 0 Å². The lowest BCUT2D eigenvalue weighted by atomic mass is 9.68. The molecule has 0 amide bonds.